The third kappa shape index (κ3) is 4.04. The van der Waals surface area contributed by atoms with E-state index in [2.05, 4.69) is 5.32 Å². The number of para-hydroxylation sites is 2. The van der Waals surface area contributed by atoms with Crippen molar-refractivity contribution in [2.24, 2.45) is 0 Å². The molecule has 1 amide bonds. The average molecular weight is 486 g/mol. The first kappa shape index (κ1) is 23.1. The summed E-state index contributed by atoms with van der Waals surface area (Å²) in [5.74, 6) is 0.510. The standard InChI is InChI=1S/C27H24FN5O3/c1-35-17-11-12-21(22(15-17)36-2)33-25(29)23(24-26(33)32-20-10-6-5-9-19(20)31-24)27(34)30-14-13-16-7-3-4-8-18(16)28/h3-12,15H,13-14,29H2,1-2H3,(H,30,34). The molecule has 36 heavy (non-hydrogen) atoms. The Morgan fingerprint density at radius 3 is 2.44 bits per heavy atom. The summed E-state index contributed by atoms with van der Waals surface area (Å²) < 4.78 is 26.6. The average Bonchev–Trinajstić information content (AvgIpc) is 3.18. The Morgan fingerprint density at radius 2 is 1.72 bits per heavy atom. The number of amides is 1. The molecule has 5 aromatic rings. The van der Waals surface area contributed by atoms with Crippen LogP contribution in [-0.4, -0.2) is 41.2 Å². The number of aromatic nitrogens is 3. The molecule has 0 aliphatic heterocycles. The Balaban J connectivity index is 1.62. The lowest BCUT2D eigenvalue weighted by molar-refractivity contribution is 0.0956. The van der Waals surface area contributed by atoms with Crippen molar-refractivity contribution in [1.29, 1.82) is 0 Å². The lowest BCUT2D eigenvalue weighted by Gasteiger charge is -2.13. The number of carbonyl (C=O) groups excluding carboxylic acids is 1. The number of nitrogens with zero attached hydrogens (tertiary/aromatic N) is 3. The molecule has 182 valence electrons. The molecule has 2 heterocycles. The van der Waals surface area contributed by atoms with Gasteiger partial charge >= 0.3 is 0 Å². The van der Waals surface area contributed by atoms with Crippen molar-refractivity contribution in [3.05, 3.63) is 83.7 Å². The number of nitrogens with one attached hydrogen (secondary N) is 1. The summed E-state index contributed by atoms with van der Waals surface area (Å²) in [6.45, 7) is 0.221. The van der Waals surface area contributed by atoms with Gasteiger partial charge in [0.1, 0.15) is 34.2 Å². The number of hydrogen-bond acceptors (Lipinski definition) is 6. The number of fused-ring (bicyclic) bond motifs is 2. The van der Waals surface area contributed by atoms with Crippen LogP contribution < -0.4 is 20.5 Å². The fourth-order valence-electron chi connectivity index (χ4n) is 4.20. The van der Waals surface area contributed by atoms with Gasteiger partial charge in [-0.25, -0.2) is 14.4 Å². The normalized spacial score (nSPS) is 11.1. The van der Waals surface area contributed by atoms with E-state index in [9.17, 15) is 9.18 Å². The van der Waals surface area contributed by atoms with Crippen LogP contribution in [0.1, 0.15) is 15.9 Å². The molecule has 0 fully saturated rings. The summed E-state index contributed by atoms with van der Waals surface area (Å²) >= 11 is 0. The summed E-state index contributed by atoms with van der Waals surface area (Å²) in [5.41, 5.74) is 9.92. The van der Waals surface area contributed by atoms with E-state index in [1.807, 2.05) is 24.3 Å². The van der Waals surface area contributed by atoms with Crippen LogP contribution in [0, 0.1) is 5.82 Å². The summed E-state index contributed by atoms with van der Waals surface area (Å²) in [5, 5.41) is 2.85. The van der Waals surface area contributed by atoms with E-state index in [0.717, 1.165) is 0 Å². The molecule has 0 atom stereocenters. The van der Waals surface area contributed by atoms with Crippen molar-refractivity contribution in [1.82, 2.24) is 19.9 Å². The fraction of sp³-hybridized carbons (Fsp3) is 0.148. The van der Waals surface area contributed by atoms with Crippen LogP contribution in [-0.2, 0) is 6.42 Å². The maximum Gasteiger partial charge on any atom is 0.257 e. The van der Waals surface area contributed by atoms with E-state index in [0.29, 0.717) is 51.4 Å². The largest absolute Gasteiger partial charge is 0.497 e. The fourth-order valence-corrected chi connectivity index (χ4v) is 4.20. The van der Waals surface area contributed by atoms with Gasteiger partial charge in [0.2, 0.25) is 0 Å². The van der Waals surface area contributed by atoms with E-state index in [1.165, 1.54) is 13.2 Å². The third-order valence-corrected chi connectivity index (χ3v) is 5.99. The monoisotopic (exact) mass is 485 g/mol. The number of ether oxygens (including phenoxy) is 2. The molecule has 9 heteroatoms. The van der Waals surface area contributed by atoms with Crippen LogP contribution in [0.4, 0.5) is 10.2 Å². The first-order valence-electron chi connectivity index (χ1n) is 11.3. The SMILES string of the molecule is COc1ccc(-n2c(N)c(C(=O)NCCc3ccccc3F)c3nc4ccccc4nc32)c(OC)c1. The molecule has 8 nitrogen and oxygen atoms in total. The molecule has 3 N–H and O–H groups in total. The summed E-state index contributed by atoms with van der Waals surface area (Å²) in [6.07, 6.45) is 0.331. The smallest absolute Gasteiger partial charge is 0.257 e. The number of nitrogen functional groups attached to an aromatic ring is 1. The molecule has 3 aromatic carbocycles. The van der Waals surface area contributed by atoms with Crippen LogP contribution in [0.3, 0.4) is 0 Å². The summed E-state index contributed by atoms with van der Waals surface area (Å²) in [4.78, 5) is 22.9. The van der Waals surface area contributed by atoms with E-state index in [4.69, 9.17) is 25.2 Å². The molecule has 5 rings (SSSR count). The van der Waals surface area contributed by atoms with E-state index in [-0.39, 0.29) is 23.7 Å². The minimum absolute atomic E-state index is 0.159. The van der Waals surface area contributed by atoms with Gasteiger partial charge in [-0.2, -0.15) is 0 Å². The van der Waals surface area contributed by atoms with Crippen LogP contribution in [0.25, 0.3) is 27.9 Å². The number of anilines is 1. The Kier molecular flexibility index (Phi) is 6.12. The van der Waals surface area contributed by atoms with Crippen LogP contribution in [0.5, 0.6) is 11.5 Å². The van der Waals surface area contributed by atoms with Crippen molar-refractivity contribution >= 4 is 33.9 Å². The minimum Gasteiger partial charge on any atom is -0.497 e. The number of hydrogen-bond donors (Lipinski definition) is 2. The van der Waals surface area contributed by atoms with Crippen molar-refractivity contribution in [2.45, 2.75) is 6.42 Å². The van der Waals surface area contributed by atoms with Gasteiger partial charge in [-0.15, -0.1) is 0 Å². The van der Waals surface area contributed by atoms with Crippen molar-refractivity contribution in [3.63, 3.8) is 0 Å². The van der Waals surface area contributed by atoms with Crippen molar-refractivity contribution in [3.8, 4) is 17.2 Å². The topological polar surface area (TPSA) is 104 Å². The first-order chi connectivity index (χ1) is 17.5. The first-order valence-corrected chi connectivity index (χ1v) is 11.3. The lowest BCUT2D eigenvalue weighted by Crippen LogP contribution is -2.26. The Hall–Kier alpha value is -4.66. The van der Waals surface area contributed by atoms with Gasteiger partial charge in [0.05, 0.1) is 30.9 Å². The highest BCUT2D eigenvalue weighted by Crippen LogP contribution is 2.36. The number of halogens is 1. The number of carbonyl (C=O) groups is 1. The Labute approximate surface area is 206 Å². The molecular weight excluding hydrogens is 461 g/mol. The zero-order valence-electron chi connectivity index (χ0n) is 19.8. The predicted octanol–water partition coefficient (Wildman–Crippen LogP) is 4.28. The molecule has 0 unspecified atom stereocenters. The number of benzene rings is 3. The third-order valence-electron chi connectivity index (χ3n) is 5.99. The van der Waals surface area contributed by atoms with Gasteiger partial charge < -0.3 is 20.5 Å². The quantitative estimate of drug-likeness (QED) is 0.357. The van der Waals surface area contributed by atoms with Crippen LogP contribution in [0.15, 0.2) is 66.7 Å². The van der Waals surface area contributed by atoms with E-state index in [1.54, 1.807) is 48.1 Å². The zero-order chi connectivity index (χ0) is 25.2. The van der Waals surface area contributed by atoms with E-state index < -0.39 is 5.91 Å². The van der Waals surface area contributed by atoms with Gasteiger partial charge in [0.15, 0.2) is 5.65 Å². The van der Waals surface area contributed by atoms with Crippen molar-refractivity contribution in [2.75, 3.05) is 26.5 Å². The Bertz CT molecular complexity index is 1600. The molecular formula is C27H24FN5O3. The maximum atomic E-state index is 14.0. The molecule has 2 aromatic heterocycles. The molecule has 0 radical (unpaired) electrons. The number of methoxy groups -OCH3 is 2. The van der Waals surface area contributed by atoms with Gasteiger partial charge in [-0.3, -0.25) is 9.36 Å². The summed E-state index contributed by atoms with van der Waals surface area (Å²) in [7, 11) is 3.10. The highest BCUT2D eigenvalue weighted by atomic mass is 19.1. The van der Waals surface area contributed by atoms with Gasteiger partial charge in [0.25, 0.3) is 5.91 Å². The highest BCUT2D eigenvalue weighted by molar-refractivity contribution is 6.11. The summed E-state index contributed by atoms with van der Waals surface area (Å²) in [6, 6.07) is 19.1. The molecule has 0 aliphatic rings. The lowest BCUT2D eigenvalue weighted by atomic mass is 10.1. The zero-order valence-corrected chi connectivity index (χ0v) is 19.8. The molecule has 0 saturated carbocycles. The van der Waals surface area contributed by atoms with E-state index >= 15 is 0 Å². The minimum atomic E-state index is -0.426. The predicted molar refractivity (Wildman–Crippen MR) is 136 cm³/mol. The second-order valence-corrected chi connectivity index (χ2v) is 8.12. The van der Waals surface area contributed by atoms with Crippen LogP contribution >= 0.6 is 0 Å². The molecule has 0 aliphatic carbocycles. The number of rotatable bonds is 7. The second-order valence-electron chi connectivity index (χ2n) is 8.12. The van der Waals surface area contributed by atoms with Crippen molar-refractivity contribution < 1.29 is 18.7 Å². The molecule has 0 saturated heterocycles. The second kappa shape index (κ2) is 9.53. The van der Waals surface area contributed by atoms with Gasteiger partial charge in [-0.05, 0) is 42.3 Å². The highest BCUT2D eigenvalue weighted by Gasteiger charge is 2.26. The maximum absolute atomic E-state index is 14.0. The van der Waals surface area contributed by atoms with Gasteiger partial charge in [0, 0.05) is 12.6 Å². The Morgan fingerprint density at radius 1 is 1.00 bits per heavy atom. The van der Waals surface area contributed by atoms with Gasteiger partial charge in [-0.1, -0.05) is 30.3 Å². The van der Waals surface area contributed by atoms with Crippen LogP contribution in [0.2, 0.25) is 0 Å². The molecule has 0 bridgehead atoms. The number of nitrogens with two attached hydrogens (primary N) is 1. The molecule has 0 spiro atoms.